The quantitative estimate of drug-likeness (QED) is 0.873. The van der Waals surface area contributed by atoms with Crippen molar-refractivity contribution in [2.45, 2.75) is 6.42 Å². The van der Waals surface area contributed by atoms with Crippen LogP contribution in [0.15, 0.2) is 54.7 Å². The Hall–Kier alpha value is -2.69. The smallest absolute Gasteiger partial charge is 0.203 e. The highest BCUT2D eigenvalue weighted by Crippen LogP contribution is 2.20. The number of hydrogen-bond donors (Lipinski definition) is 2. The number of anilines is 1. The number of allylic oxidation sites excluding steroid dienone is 8. The molecule has 0 amide bonds. The van der Waals surface area contributed by atoms with E-state index in [1.807, 2.05) is 30.4 Å². The molecule has 1 atom stereocenters. The van der Waals surface area contributed by atoms with E-state index in [1.165, 1.54) is 0 Å². The molecular weight excluding hydrogens is 250 g/mol. The third kappa shape index (κ3) is 2.66. The highest BCUT2D eigenvalue weighted by molar-refractivity contribution is 5.75. The highest BCUT2D eigenvalue weighted by atomic mass is 15.3. The van der Waals surface area contributed by atoms with Crippen molar-refractivity contribution in [1.29, 1.82) is 0 Å². The Labute approximate surface area is 116 Å². The Bertz CT molecular complexity index is 699. The maximum absolute atomic E-state index is 5.82. The fourth-order valence-corrected chi connectivity index (χ4v) is 2.20. The van der Waals surface area contributed by atoms with E-state index in [9.17, 15) is 0 Å². The van der Waals surface area contributed by atoms with Gasteiger partial charge in [0, 0.05) is 0 Å². The summed E-state index contributed by atoms with van der Waals surface area (Å²) in [5.41, 5.74) is 8.22. The summed E-state index contributed by atoms with van der Waals surface area (Å²) >= 11 is 0. The predicted molar refractivity (Wildman–Crippen MR) is 79.9 cm³/mol. The monoisotopic (exact) mass is 265 g/mol. The lowest BCUT2D eigenvalue weighted by Crippen LogP contribution is -2.01. The number of nitrogens with zero attached hydrogens (tertiary/aromatic N) is 3. The van der Waals surface area contributed by atoms with Crippen LogP contribution in [0.25, 0.3) is 11.2 Å². The maximum atomic E-state index is 5.82. The molecule has 5 nitrogen and oxygen atoms in total. The molecule has 0 fully saturated rings. The average molecular weight is 265 g/mol. The van der Waals surface area contributed by atoms with Crippen LogP contribution in [-0.2, 0) is 6.42 Å². The largest absolute Gasteiger partial charge is 0.384 e. The van der Waals surface area contributed by atoms with Crippen LogP contribution in [0.5, 0.6) is 0 Å². The average Bonchev–Trinajstić information content (AvgIpc) is 2.91. The Morgan fingerprint density at radius 3 is 2.45 bits per heavy atom. The van der Waals surface area contributed by atoms with Crippen molar-refractivity contribution in [3.63, 3.8) is 0 Å². The first kappa shape index (κ1) is 12.3. The first-order valence-corrected chi connectivity index (χ1v) is 6.47. The Kier molecular flexibility index (Phi) is 3.41. The van der Waals surface area contributed by atoms with E-state index in [-0.39, 0.29) is 5.92 Å². The van der Waals surface area contributed by atoms with Gasteiger partial charge in [0.2, 0.25) is 5.65 Å². The summed E-state index contributed by atoms with van der Waals surface area (Å²) < 4.78 is 0. The van der Waals surface area contributed by atoms with Gasteiger partial charge in [-0.05, 0) is 24.0 Å². The van der Waals surface area contributed by atoms with Gasteiger partial charge in [-0.1, -0.05) is 48.6 Å². The molecule has 100 valence electrons. The summed E-state index contributed by atoms with van der Waals surface area (Å²) in [5, 5.41) is 10.8. The zero-order chi connectivity index (χ0) is 13.8. The van der Waals surface area contributed by atoms with E-state index in [0.29, 0.717) is 11.5 Å². The Morgan fingerprint density at radius 2 is 1.70 bits per heavy atom. The predicted octanol–water partition coefficient (Wildman–Crippen LogP) is 2.33. The molecule has 1 aliphatic rings. The van der Waals surface area contributed by atoms with Gasteiger partial charge in [0.1, 0.15) is 11.3 Å². The van der Waals surface area contributed by atoms with Gasteiger partial charge < -0.3 is 5.73 Å². The van der Waals surface area contributed by atoms with E-state index >= 15 is 0 Å². The lowest BCUT2D eigenvalue weighted by Gasteiger charge is -2.08. The number of fused-ring (bicyclic) bond motifs is 1. The van der Waals surface area contributed by atoms with Crippen LogP contribution in [0.4, 0.5) is 5.82 Å². The molecule has 0 spiro atoms. The van der Waals surface area contributed by atoms with Crippen molar-refractivity contribution in [1.82, 2.24) is 20.4 Å². The van der Waals surface area contributed by atoms with Gasteiger partial charge in [-0.3, -0.25) is 0 Å². The number of aromatic amines is 1. The number of pyridine rings is 1. The van der Waals surface area contributed by atoms with Crippen molar-refractivity contribution in [2.75, 3.05) is 5.73 Å². The van der Waals surface area contributed by atoms with Gasteiger partial charge in [-0.2, -0.15) is 10.3 Å². The molecule has 5 heteroatoms. The van der Waals surface area contributed by atoms with Gasteiger partial charge in [0.05, 0.1) is 0 Å². The van der Waals surface area contributed by atoms with Gasteiger partial charge in [0.25, 0.3) is 0 Å². The van der Waals surface area contributed by atoms with E-state index in [1.54, 1.807) is 0 Å². The second-order valence-electron chi connectivity index (χ2n) is 4.61. The van der Waals surface area contributed by atoms with Crippen LogP contribution in [0, 0.1) is 5.92 Å². The van der Waals surface area contributed by atoms with Crippen LogP contribution in [0.2, 0.25) is 0 Å². The Balaban J connectivity index is 1.93. The zero-order valence-electron chi connectivity index (χ0n) is 10.9. The zero-order valence-corrected chi connectivity index (χ0v) is 10.9. The molecule has 2 heterocycles. The third-order valence-electron chi connectivity index (χ3n) is 3.12. The standard InChI is InChI=1S/C15H15N5/c16-13-10-12(14-15(17-13)19-20-18-14)9-11-7-5-3-1-2-4-6-8-11/h1-8,10-11H,9H2,(H3,16,17,18,19,20)/b3-1-,4-2-,7-5-,8-6?. The topological polar surface area (TPSA) is 80.5 Å². The lowest BCUT2D eigenvalue weighted by atomic mass is 9.98. The molecule has 0 aromatic carbocycles. The molecule has 0 saturated carbocycles. The fraction of sp³-hybridized carbons (Fsp3) is 0.133. The number of aromatic nitrogens is 4. The molecule has 2 aromatic heterocycles. The lowest BCUT2D eigenvalue weighted by molar-refractivity contribution is 0.807. The molecular formula is C15H15N5. The van der Waals surface area contributed by atoms with Crippen LogP contribution >= 0.6 is 0 Å². The summed E-state index contributed by atoms with van der Waals surface area (Å²) in [5.74, 6) is 0.751. The van der Waals surface area contributed by atoms with E-state index in [2.05, 4.69) is 44.7 Å². The molecule has 0 radical (unpaired) electrons. The van der Waals surface area contributed by atoms with Crippen molar-refractivity contribution >= 4 is 17.0 Å². The fourth-order valence-electron chi connectivity index (χ4n) is 2.20. The van der Waals surface area contributed by atoms with Crippen LogP contribution in [0.1, 0.15) is 5.56 Å². The van der Waals surface area contributed by atoms with Crippen molar-refractivity contribution < 1.29 is 0 Å². The first-order chi connectivity index (χ1) is 9.83. The second kappa shape index (κ2) is 5.52. The summed E-state index contributed by atoms with van der Waals surface area (Å²) in [6.07, 6.45) is 17.3. The number of nitrogens with two attached hydrogens (primary N) is 1. The van der Waals surface area contributed by atoms with Gasteiger partial charge >= 0.3 is 0 Å². The molecule has 0 saturated heterocycles. The maximum Gasteiger partial charge on any atom is 0.203 e. The first-order valence-electron chi connectivity index (χ1n) is 6.47. The van der Waals surface area contributed by atoms with Crippen LogP contribution < -0.4 is 5.73 Å². The van der Waals surface area contributed by atoms with Gasteiger partial charge in [0.15, 0.2) is 0 Å². The Morgan fingerprint density at radius 1 is 1.00 bits per heavy atom. The van der Waals surface area contributed by atoms with Crippen LogP contribution in [-0.4, -0.2) is 20.4 Å². The minimum Gasteiger partial charge on any atom is -0.384 e. The molecule has 20 heavy (non-hydrogen) atoms. The van der Waals surface area contributed by atoms with Crippen molar-refractivity contribution in [3.05, 3.63) is 60.2 Å². The van der Waals surface area contributed by atoms with E-state index in [0.717, 1.165) is 17.5 Å². The SMILES string of the molecule is Nc1cc(CC2C=C\C=C/C=C\C=C/2)c2n[nH]nc2n1. The number of rotatable bonds is 2. The number of nitrogens with one attached hydrogen (secondary N) is 1. The molecule has 1 unspecified atom stereocenters. The van der Waals surface area contributed by atoms with Crippen LogP contribution in [0.3, 0.4) is 0 Å². The molecule has 2 aromatic rings. The normalized spacial score (nSPS) is 22.9. The minimum absolute atomic E-state index is 0.282. The highest BCUT2D eigenvalue weighted by Gasteiger charge is 2.11. The van der Waals surface area contributed by atoms with E-state index in [4.69, 9.17) is 5.73 Å². The third-order valence-corrected chi connectivity index (χ3v) is 3.12. The summed E-state index contributed by atoms with van der Waals surface area (Å²) in [4.78, 5) is 4.15. The molecule has 1 aliphatic carbocycles. The summed E-state index contributed by atoms with van der Waals surface area (Å²) in [6.45, 7) is 0. The minimum atomic E-state index is 0.282. The molecule has 0 bridgehead atoms. The van der Waals surface area contributed by atoms with Crippen molar-refractivity contribution in [3.8, 4) is 0 Å². The number of nitrogen functional groups attached to an aromatic ring is 1. The number of hydrogen-bond acceptors (Lipinski definition) is 4. The molecule has 0 aliphatic heterocycles. The summed E-state index contributed by atoms with van der Waals surface area (Å²) in [6, 6.07) is 1.87. The van der Waals surface area contributed by atoms with E-state index < -0.39 is 0 Å². The summed E-state index contributed by atoms with van der Waals surface area (Å²) in [7, 11) is 0. The number of H-pyrrole nitrogens is 1. The van der Waals surface area contributed by atoms with Crippen molar-refractivity contribution in [2.24, 2.45) is 5.92 Å². The van der Waals surface area contributed by atoms with Gasteiger partial charge in [-0.25, -0.2) is 4.98 Å². The second-order valence-corrected chi connectivity index (χ2v) is 4.61. The molecule has 3 rings (SSSR count). The molecule has 3 N–H and O–H groups in total. The van der Waals surface area contributed by atoms with Gasteiger partial charge in [-0.15, -0.1) is 5.10 Å².